The van der Waals surface area contributed by atoms with E-state index in [1.807, 2.05) is 0 Å². The van der Waals surface area contributed by atoms with E-state index in [1.54, 1.807) is 4.90 Å². The number of carboxylic acids is 1. The summed E-state index contributed by atoms with van der Waals surface area (Å²) in [6.07, 6.45) is 2.01. The number of carboxylic acid groups (broad SMARTS) is 1. The Balaban J connectivity index is 1.41. The third kappa shape index (κ3) is 5.59. The van der Waals surface area contributed by atoms with E-state index in [4.69, 9.17) is 5.11 Å². The van der Waals surface area contributed by atoms with Crippen LogP contribution >= 0.6 is 0 Å². The first-order valence-electron chi connectivity index (χ1n) is 11.6. The normalized spacial score (nSPS) is 23.2. The van der Waals surface area contributed by atoms with Crippen LogP contribution in [-0.2, 0) is 11.0 Å². The number of hydrogen-bond acceptors (Lipinski definition) is 5. The molecule has 4 rings (SSSR count). The first-order valence-corrected chi connectivity index (χ1v) is 11.6. The molecule has 184 valence electrons. The lowest BCUT2D eigenvalue weighted by molar-refractivity contribution is -0.139. The fraction of sp³-hybridized carbons (Fsp3) is 0.542. The second-order valence-corrected chi connectivity index (χ2v) is 9.20. The molecule has 10 heteroatoms. The molecule has 2 fully saturated rings. The summed E-state index contributed by atoms with van der Waals surface area (Å²) in [6, 6.07) is 4.75. The highest BCUT2D eigenvalue weighted by Crippen LogP contribution is 2.39. The lowest BCUT2D eigenvalue weighted by Crippen LogP contribution is -2.26. The molecule has 2 aromatic rings. The molecule has 1 aromatic carbocycles. The average molecular weight is 481 g/mol. The van der Waals surface area contributed by atoms with Gasteiger partial charge < -0.3 is 15.3 Å². The van der Waals surface area contributed by atoms with E-state index in [1.165, 1.54) is 18.5 Å². The van der Waals surface area contributed by atoms with E-state index in [0.29, 0.717) is 31.0 Å². The summed E-state index contributed by atoms with van der Waals surface area (Å²) in [5.74, 6) is -0.571. The number of aliphatic carboxylic acids is 1. The second-order valence-electron chi connectivity index (χ2n) is 9.20. The van der Waals surface area contributed by atoms with Crippen molar-refractivity contribution in [2.45, 2.75) is 57.2 Å². The molecule has 1 saturated heterocycles. The van der Waals surface area contributed by atoms with Gasteiger partial charge in [-0.2, -0.15) is 17.6 Å². The first-order chi connectivity index (χ1) is 16.2. The van der Waals surface area contributed by atoms with Crippen LogP contribution in [0.2, 0.25) is 0 Å². The molecular weight excluding hydrogens is 452 g/mol. The third-order valence-corrected chi connectivity index (χ3v) is 6.91. The Kier molecular flexibility index (Phi) is 7.23. The van der Waals surface area contributed by atoms with Crippen LogP contribution in [0.4, 0.5) is 29.2 Å². The van der Waals surface area contributed by atoms with E-state index in [-0.39, 0.29) is 30.0 Å². The Morgan fingerprint density at radius 1 is 1.06 bits per heavy atom. The molecule has 1 saturated carbocycles. The lowest BCUT2D eigenvalue weighted by Gasteiger charge is -2.29. The Labute approximate surface area is 195 Å². The van der Waals surface area contributed by atoms with Gasteiger partial charge >= 0.3 is 12.1 Å². The monoisotopic (exact) mass is 480 g/mol. The summed E-state index contributed by atoms with van der Waals surface area (Å²) >= 11 is 0. The summed E-state index contributed by atoms with van der Waals surface area (Å²) in [7, 11) is 0. The van der Waals surface area contributed by atoms with E-state index >= 15 is 4.39 Å². The highest BCUT2D eigenvalue weighted by molar-refractivity contribution is 5.67. The molecule has 1 aliphatic heterocycles. The molecule has 0 spiro atoms. The Morgan fingerprint density at radius 3 is 2.38 bits per heavy atom. The number of nitrogens with zero attached hydrogens (tertiary/aromatic N) is 3. The van der Waals surface area contributed by atoms with Crippen LogP contribution in [0.25, 0.3) is 0 Å². The fourth-order valence-electron chi connectivity index (χ4n) is 5.07. The van der Waals surface area contributed by atoms with Crippen molar-refractivity contribution in [3.05, 3.63) is 47.5 Å². The molecule has 1 aliphatic carbocycles. The van der Waals surface area contributed by atoms with Crippen LogP contribution in [-0.4, -0.2) is 34.1 Å². The van der Waals surface area contributed by atoms with Gasteiger partial charge in [0.2, 0.25) is 5.82 Å². The summed E-state index contributed by atoms with van der Waals surface area (Å²) < 4.78 is 54.1. The van der Waals surface area contributed by atoms with Crippen molar-refractivity contribution in [1.82, 2.24) is 9.97 Å². The zero-order valence-corrected chi connectivity index (χ0v) is 18.7. The number of nitrogens with one attached hydrogen (secondary N) is 1. The number of aromatic nitrogens is 2. The van der Waals surface area contributed by atoms with Crippen molar-refractivity contribution in [3.8, 4) is 0 Å². The van der Waals surface area contributed by atoms with Crippen molar-refractivity contribution in [2.75, 3.05) is 23.3 Å². The maximum atomic E-state index is 15.4. The van der Waals surface area contributed by atoms with Crippen LogP contribution in [0.3, 0.4) is 0 Å². The maximum Gasteiger partial charge on any atom is 0.416 e. The smallest absolute Gasteiger partial charge is 0.416 e. The van der Waals surface area contributed by atoms with Gasteiger partial charge in [-0.25, -0.2) is 9.97 Å². The van der Waals surface area contributed by atoms with Crippen LogP contribution in [0, 0.1) is 17.7 Å². The minimum absolute atomic E-state index is 0.107. The fourth-order valence-corrected chi connectivity index (χ4v) is 5.07. The highest BCUT2D eigenvalue weighted by Gasteiger charge is 2.33. The molecule has 1 aromatic heterocycles. The molecule has 1 atom stereocenters. The molecule has 1 unspecified atom stereocenters. The number of hydrogen-bond donors (Lipinski definition) is 2. The maximum absolute atomic E-state index is 15.4. The van der Waals surface area contributed by atoms with E-state index in [2.05, 4.69) is 15.3 Å². The Bertz CT molecular complexity index is 991. The van der Waals surface area contributed by atoms with Crippen molar-refractivity contribution in [1.29, 1.82) is 0 Å². The summed E-state index contributed by atoms with van der Waals surface area (Å²) in [6.45, 7) is 1.09. The largest absolute Gasteiger partial charge is 0.481 e. The van der Waals surface area contributed by atoms with Gasteiger partial charge in [-0.3, -0.25) is 4.79 Å². The first kappa shape index (κ1) is 24.2. The topological polar surface area (TPSA) is 78.3 Å². The molecule has 6 nitrogen and oxygen atoms in total. The van der Waals surface area contributed by atoms with Gasteiger partial charge in [-0.1, -0.05) is 12.1 Å². The van der Waals surface area contributed by atoms with E-state index < -0.39 is 23.5 Å². The second kappa shape index (κ2) is 10.1. The summed E-state index contributed by atoms with van der Waals surface area (Å²) in [5.41, 5.74) is -0.0198. The van der Waals surface area contributed by atoms with Crippen LogP contribution in [0.1, 0.15) is 62.1 Å². The SMILES string of the molecule is O=C(O)CC1CCC(CNc2ncnc(N3CCCC3c3ccc(C(F)(F)F)cc3)c2F)CC1. The van der Waals surface area contributed by atoms with Gasteiger partial charge in [0.05, 0.1) is 11.6 Å². The van der Waals surface area contributed by atoms with Crippen molar-refractivity contribution >= 4 is 17.6 Å². The molecule has 34 heavy (non-hydrogen) atoms. The predicted molar refractivity (Wildman–Crippen MR) is 119 cm³/mol. The minimum atomic E-state index is -4.40. The van der Waals surface area contributed by atoms with Gasteiger partial charge in [-0.15, -0.1) is 0 Å². The van der Waals surface area contributed by atoms with Crippen LogP contribution in [0.15, 0.2) is 30.6 Å². The number of rotatable bonds is 7. The number of halogens is 4. The minimum Gasteiger partial charge on any atom is -0.481 e. The van der Waals surface area contributed by atoms with Gasteiger partial charge in [0, 0.05) is 19.5 Å². The van der Waals surface area contributed by atoms with Gasteiger partial charge in [0.15, 0.2) is 11.6 Å². The standard InChI is InChI=1S/C24H28F4N4O2/c25-21-22(29-13-16-5-3-15(4-6-16)12-20(33)34)30-14-31-23(21)32-11-1-2-19(32)17-7-9-18(10-8-17)24(26,27)28/h7-10,14-16,19H,1-6,11-13H2,(H,33,34)(H,29,30,31). The zero-order valence-electron chi connectivity index (χ0n) is 18.7. The molecule has 0 bridgehead atoms. The quantitative estimate of drug-likeness (QED) is 0.498. The summed E-state index contributed by atoms with van der Waals surface area (Å²) in [5, 5.41) is 12.0. The zero-order chi connectivity index (χ0) is 24.3. The highest BCUT2D eigenvalue weighted by atomic mass is 19.4. The number of alkyl halides is 3. The molecular formula is C24H28F4N4O2. The molecule has 0 radical (unpaired) electrons. The van der Waals surface area contributed by atoms with Crippen molar-refractivity contribution in [3.63, 3.8) is 0 Å². The predicted octanol–water partition coefficient (Wildman–Crippen LogP) is 5.67. The van der Waals surface area contributed by atoms with Crippen LogP contribution in [0.5, 0.6) is 0 Å². The van der Waals surface area contributed by atoms with E-state index in [0.717, 1.165) is 44.2 Å². The average Bonchev–Trinajstić information content (AvgIpc) is 3.28. The molecule has 2 N–H and O–H groups in total. The number of benzene rings is 1. The lowest BCUT2D eigenvalue weighted by atomic mass is 9.80. The van der Waals surface area contributed by atoms with Crippen LogP contribution < -0.4 is 10.2 Å². The van der Waals surface area contributed by atoms with Gasteiger partial charge in [0.1, 0.15) is 6.33 Å². The van der Waals surface area contributed by atoms with Gasteiger partial charge in [-0.05, 0) is 68.1 Å². The molecule has 0 amide bonds. The van der Waals surface area contributed by atoms with Crippen molar-refractivity contribution < 1.29 is 27.5 Å². The van der Waals surface area contributed by atoms with Crippen molar-refractivity contribution in [2.24, 2.45) is 11.8 Å². The molecule has 2 aliphatic rings. The Morgan fingerprint density at radius 2 is 1.74 bits per heavy atom. The number of carbonyl (C=O) groups is 1. The van der Waals surface area contributed by atoms with E-state index in [9.17, 15) is 18.0 Å². The summed E-state index contributed by atoms with van der Waals surface area (Å²) in [4.78, 5) is 20.9. The molecule has 2 heterocycles. The third-order valence-electron chi connectivity index (χ3n) is 6.91. The van der Waals surface area contributed by atoms with Gasteiger partial charge in [0.25, 0.3) is 0 Å². The Hall–Kier alpha value is -2.91. The number of anilines is 2.